The molecule has 0 spiro atoms. The molecule has 0 radical (unpaired) electrons. The van der Waals surface area contributed by atoms with E-state index in [0.717, 1.165) is 0 Å². The van der Waals surface area contributed by atoms with E-state index >= 15 is 0 Å². The van der Waals surface area contributed by atoms with E-state index in [1.54, 1.807) is 0 Å². The number of hydrogen-bond donors (Lipinski definition) is 3. The molecule has 0 saturated carbocycles. The van der Waals surface area contributed by atoms with E-state index in [1.165, 1.54) is 6.92 Å². The molecule has 1 atom stereocenters. The summed E-state index contributed by atoms with van der Waals surface area (Å²) >= 11 is 0. The van der Waals surface area contributed by atoms with Gasteiger partial charge in [-0.2, -0.15) is 0 Å². The second-order valence-corrected chi connectivity index (χ2v) is 5.47. The van der Waals surface area contributed by atoms with E-state index in [9.17, 15) is 9.59 Å². The lowest BCUT2D eigenvalue weighted by molar-refractivity contribution is -0.126. The van der Waals surface area contributed by atoms with Crippen molar-refractivity contribution in [1.82, 2.24) is 10.6 Å². The number of nitrogens with one attached hydrogen (secondary N) is 2. The lowest BCUT2D eigenvalue weighted by Crippen LogP contribution is -2.42. The van der Waals surface area contributed by atoms with E-state index in [4.69, 9.17) is 14.6 Å². The Bertz CT molecular complexity index is 310. The number of carbonyl (C=O) groups is 2. The van der Waals surface area contributed by atoms with Gasteiger partial charge in [-0.05, 0) is 19.4 Å². The summed E-state index contributed by atoms with van der Waals surface area (Å²) < 4.78 is 10.3. The molecule has 130 valence electrons. The van der Waals surface area contributed by atoms with Crippen LogP contribution in [0.1, 0.15) is 27.2 Å². The summed E-state index contributed by atoms with van der Waals surface area (Å²) in [4.78, 5) is 23.3. The van der Waals surface area contributed by atoms with Crippen LogP contribution < -0.4 is 10.6 Å². The predicted molar refractivity (Wildman–Crippen MR) is 83.7 cm³/mol. The average Bonchev–Trinajstić information content (AvgIpc) is 2.45. The number of ketones is 1. The molecular weight excluding hydrogens is 288 g/mol. The Hall–Kier alpha value is -1.02. The third kappa shape index (κ3) is 12.7. The zero-order valence-corrected chi connectivity index (χ0v) is 13.9. The van der Waals surface area contributed by atoms with Crippen molar-refractivity contribution in [2.24, 2.45) is 5.92 Å². The highest BCUT2D eigenvalue weighted by Crippen LogP contribution is 1.97. The minimum absolute atomic E-state index is 0.00177. The molecule has 0 bridgehead atoms. The van der Waals surface area contributed by atoms with E-state index in [2.05, 4.69) is 10.6 Å². The molecule has 0 aliphatic rings. The van der Waals surface area contributed by atoms with E-state index < -0.39 is 6.04 Å². The third-order valence-corrected chi connectivity index (χ3v) is 2.83. The molecule has 7 nitrogen and oxygen atoms in total. The van der Waals surface area contributed by atoms with Crippen molar-refractivity contribution in [3.63, 3.8) is 0 Å². The molecule has 0 aliphatic heterocycles. The monoisotopic (exact) mass is 318 g/mol. The van der Waals surface area contributed by atoms with Crippen molar-refractivity contribution in [2.75, 3.05) is 46.1 Å². The topological polar surface area (TPSA) is 96.9 Å². The van der Waals surface area contributed by atoms with Crippen molar-refractivity contribution in [2.45, 2.75) is 33.2 Å². The SMILES string of the molecule is CC(=O)C(CC(=O)NCCOCCOCCO)NCC(C)C. The molecule has 7 heteroatoms. The summed E-state index contributed by atoms with van der Waals surface area (Å²) in [6, 6.07) is -0.435. The fraction of sp³-hybridized carbons (Fsp3) is 0.867. The van der Waals surface area contributed by atoms with Gasteiger partial charge in [0.15, 0.2) is 0 Å². The molecule has 0 fully saturated rings. The molecule has 3 N–H and O–H groups in total. The van der Waals surface area contributed by atoms with Crippen LogP contribution in [0.4, 0.5) is 0 Å². The number of hydrogen-bond acceptors (Lipinski definition) is 6. The van der Waals surface area contributed by atoms with Gasteiger partial charge in [0.2, 0.25) is 5.91 Å². The number of Topliss-reactive ketones (excluding diaryl/α,β-unsaturated/α-hetero) is 1. The standard InChI is InChI=1S/C15H30N2O5/c1-12(2)11-17-14(13(3)19)10-15(20)16-4-6-21-8-9-22-7-5-18/h12,14,17-18H,4-11H2,1-3H3,(H,16,20). The highest BCUT2D eigenvalue weighted by molar-refractivity contribution is 5.88. The molecule has 0 saturated heterocycles. The van der Waals surface area contributed by atoms with Gasteiger partial charge in [-0.25, -0.2) is 0 Å². The second-order valence-electron chi connectivity index (χ2n) is 5.47. The van der Waals surface area contributed by atoms with Gasteiger partial charge in [0.05, 0.1) is 39.1 Å². The van der Waals surface area contributed by atoms with Crippen LogP contribution in [-0.2, 0) is 19.1 Å². The van der Waals surface area contributed by atoms with E-state index in [0.29, 0.717) is 45.4 Å². The zero-order chi connectivity index (χ0) is 16.8. The summed E-state index contributed by atoms with van der Waals surface area (Å²) in [5.41, 5.74) is 0. The first-order valence-corrected chi connectivity index (χ1v) is 7.74. The molecule has 0 heterocycles. The molecule has 1 amide bonds. The number of aliphatic hydroxyl groups is 1. The van der Waals surface area contributed by atoms with Gasteiger partial charge >= 0.3 is 0 Å². The number of amides is 1. The Labute approximate surface area is 132 Å². The van der Waals surface area contributed by atoms with Gasteiger partial charge in [0, 0.05) is 13.0 Å². The van der Waals surface area contributed by atoms with Crippen LogP contribution in [0, 0.1) is 5.92 Å². The summed E-state index contributed by atoms with van der Waals surface area (Å²) in [5, 5.41) is 14.3. The maximum absolute atomic E-state index is 11.8. The molecule has 0 aliphatic carbocycles. The Morgan fingerprint density at radius 3 is 2.27 bits per heavy atom. The largest absolute Gasteiger partial charge is 0.394 e. The molecule has 22 heavy (non-hydrogen) atoms. The van der Waals surface area contributed by atoms with Gasteiger partial charge in [0.1, 0.15) is 5.78 Å². The summed E-state index contributed by atoms with van der Waals surface area (Å²) in [7, 11) is 0. The van der Waals surface area contributed by atoms with Gasteiger partial charge in [-0.15, -0.1) is 0 Å². The minimum atomic E-state index is -0.435. The van der Waals surface area contributed by atoms with E-state index in [-0.39, 0.29) is 24.7 Å². The van der Waals surface area contributed by atoms with Crippen LogP contribution in [-0.4, -0.2) is 69.0 Å². The molecule has 0 rings (SSSR count). The normalized spacial score (nSPS) is 12.4. The first-order chi connectivity index (χ1) is 10.5. The Balaban J connectivity index is 3.70. The van der Waals surface area contributed by atoms with Gasteiger partial charge < -0.3 is 25.2 Å². The fourth-order valence-corrected chi connectivity index (χ4v) is 1.64. The Morgan fingerprint density at radius 2 is 1.73 bits per heavy atom. The summed E-state index contributed by atoms with van der Waals surface area (Å²) in [6.07, 6.45) is 0.141. The van der Waals surface area contributed by atoms with Crippen molar-refractivity contribution >= 4 is 11.7 Å². The summed E-state index contributed by atoms with van der Waals surface area (Å²) in [6.45, 7) is 8.20. The lowest BCUT2D eigenvalue weighted by Gasteiger charge is -2.17. The van der Waals surface area contributed by atoms with Crippen molar-refractivity contribution in [3.8, 4) is 0 Å². The third-order valence-electron chi connectivity index (χ3n) is 2.83. The Morgan fingerprint density at radius 1 is 1.09 bits per heavy atom. The van der Waals surface area contributed by atoms with E-state index in [1.807, 2.05) is 13.8 Å². The maximum Gasteiger partial charge on any atom is 0.222 e. The maximum atomic E-state index is 11.8. The lowest BCUT2D eigenvalue weighted by atomic mass is 10.1. The highest BCUT2D eigenvalue weighted by atomic mass is 16.5. The summed E-state index contributed by atoms with van der Waals surface area (Å²) in [5.74, 6) is 0.219. The smallest absolute Gasteiger partial charge is 0.222 e. The average molecular weight is 318 g/mol. The first kappa shape index (κ1) is 21.0. The van der Waals surface area contributed by atoms with Crippen LogP contribution in [0.3, 0.4) is 0 Å². The molecular formula is C15H30N2O5. The molecule has 0 aromatic rings. The molecule has 0 aromatic heterocycles. The van der Waals surface area contributed by atoms with Crippen molar-refractivity contribution in [1.29, 1.82) is 0 Å². The molecule has 1 unspecified atom stereocenters. The van der Waals surface area contributed by atoms with Crippen LogP contribution >= 0.6 is 0 Å². The zero-order valence-electron chi connectivity index (χ0n) is 13.9. The van der Waals surface area contributed by atoms with Crippen LogP contribution in [0.5, 0.6) is 0 Å². The van der Waals surface area contributed by atoms with Gasteiger partial charge in [0.25, 0.3) is 0 Å². The van der Waals surface area contributed by atoms with Gasteiger partial charge in [-0.1, -0.05) is 13.8 Å². The Kier molecular flexibility index (Phi) is 13.0. The van der Waals surface area contributed by atoms with Crippen LogP contribution in [0.25, 0.3) is 0 Å². The quantitative estimate of drug-likeness (QED) is 0.381. The molecule has 0 aromatic carbocycles. The fourth-order valence-electron chi connectivity index (χ4n) is 1.64. The van der Waals surface area contributed by atoms with Gasteiger partial charge in [-0.3, -0.25) is 9.59 Å². The second kappa shape index (κ2) is 13.6. The number of rotatable bonds is 14. The number of ether oxygens (including phenoxy) is 2. The van der Waals surface area contributed by atoms with Crippen molar-refractivity contribution in [3.05, 3.63) is 0 Å². The first-order valence-electron chi connectivity index (χ1n) is 7.74. The number of aliphatic hydroxyl groups excluding tert-OH is 1. The predicted octanol–water partition coefficient (Wildman–Crippen LogP) is -0.279. The van der Waals surface area contributed by atoms with Crippen LogP contribution in [0.2, 0.25) is 0 Å². The van der Waals surface area contributed by atoms with Crippen molar-refractivity contribution < 1.29 is 24.2 Å². The highest BCUT2D eigenvalue weighted by Gasteiger charge is 2.17. The number of carbonyl (C=O) groups excluding carboxylic acids is 2. The minimum Gasteiger partial charge on any atom is -0.394 e. The van der Waals surface area contributed by atoms with Crippen LogP contribution in [0.15, 0.2) is 0 Å².